The third-order valence-corrected chi connectivity index (χ3v) is 4.93. The van der Waals surface area contributed by atoms with Crippen LogP contribution in [0.1, 0.15) is 17.7 Å². The molecule has 1 aromatic rings. The molecule has 6 heteroatoms. The van der Waals surface area contributed by atoms with E-state index in [9.17, 15) is 9.90 Å². The number of likely N-dealkylation sites (N-methyl/N-ethyl adjacent to an activating group) is 1. The number of nitrogens with one attached hydrogen (secondary N) is 1. The number of carbonyl (C=O) groups is 1. The molecule has 106 valence electrons. The standard InChI is InChI=1S/C13H19BrN2O2S/c1-16(8-11(17)9-2-3-9)13(18)15-7-6-10-4-5-12(14)19-10/h4-5,9,11,17H,2-3,6-8H2,1H3,(H,15,18)/t11-/m1/s1. The predicted octanol–water partition coefficient (Wildman–Crippen LogP) is 2.47. The molecule has 1 saturated carbocycles. The van der Waals surface area contributed by atoms with Gasteiger partial charge in [-0.1, -0.05) is 0 Å². The number of halogens is 1. The van der Waals surface area contributed by atoms with E-state index >= 15 is 0 Å². The number of nitrogens with zero attached hydrogens (tertiary/aromatic N) is 1. The highest BCUT2D eigenvalue weighted by atomic mass is 79.9. The van der Waals surface area contributed by atoms with Crippen LogP contribution in [-0.2, 0) is 6.42 Å². The number of hydrogen-bond donors (Lipinski definition) is 2. The topological polar surface area (TPSA) is 52.6 Å². The normalized spacial score (nSPS) is 16.2. The lowest BCUT2D eigenvalue weighted by Crippen LogP contribution is -2.42. The molecular weight excluding hydrogens is 328 g/mol. The molecule has 1 heterocycles. The number of aliphatic hydroxyl groups is 1. The molecule has 1 aliphatic carbocycles. The van der Waals surface area contributed by atoms with Gasteiger partial charge in [0.1, 0.15) is 0 Å². The number of aliphatic hydroxyl groups excluding tert-OH is 1. The number of rotatable bonds is 6. The molecular formula is C13H19BrN2O2S. The van der Waals surface area contributed by atoms with Gasteiger partial charge >= 0.3 is 6.03 Å². The van der Waals surface area contributed by atoms with Gasteiger partial charge in [-0.15, -0.1) is 11.3 Å². The summed E-state index contributed by atoms with van der Waals surface area (Å²) in [5.41, 5.74) is 0. The average molecular weight is 347 g/mol. The third-order valence-electron chi connectivity index (χ3n) is 3.25. The summed E-state index contributed by atoms with van der Waals surface area (Å²) < 4.78 is 1.11. The maximum absolute atomic E-state index is 11.8. The molecule has 2 amide bonds. The Bertz CT molecular complexity index is 434. The van der Waals surface area contributed by atoms with Gasteiger partial charge in [0.05, 0.1) is 9.89 Å². The largest absolute Gasteiger partial charge is 0.391 e. The van der Waals surface area contributed by atoms with Crippen molar-refractivity contribution in [2.45, 2.75) is 25.4 Å². The first-order chi connectivity index (χ1) is 9.06. The molecule has 1 aliphatic rings. The molecule has 1 atom stereocenters. The van der Waals surface area contributed by atoms with E-state index in [1.165, 1.54) is 4.88 Å². The highest BCUT2D eigenvalue weighted by Crippen LogP contribution is 2.32. The second kappa shape index (κ2) is 6.72. The molecule has 0 aliphatic heterocycles. The van der Waals surface area contributed by atoms with E-state index in [1.54, 1.807) is 23.3 Å². The maximum Gasteiger partial charge on any atom is 0.317 e. The van der Waals surface area contributed by atoms with Crippen molar-refractivity contribution in [2.75, 3.05) is 20.1 Å². The Morgan fingerprint density at radius 3 is 2.95 bits per heavy atom. The number of hydrogen-bond acceptors (Lipinski definition) is 3. The number of thiophene rings is 1. The second-order valence-electron chi connectivity index (χ2n) is 4.97. The third kappa shape index (κ3) is 4.78. The van der Waals surface area contributed by atoms with E-state index in [4.69, 9.17) is 0 Å². The SMILES string of the molecule is CN(C[C@@H](O)C1CC1)C(=O)NCCc1ccc(Br)s1. The maximum atomic E-state index is 11.8. The van der Waals surface area contributed by atoms with E-state index in [0.717, 1.165) is 23.0 Å². The number of carbonyl (C=O) groups excluding carboxylic acids is 1. The monoisotopic (exact) mass is 346 g/mol. The fraction of sp³-hybridized carbons (Fsp3) is 0.615. The molecule has 19 heavy (non-hydrogen) atoms. The van der Waals surface area contributed by atoms with Crippen molar-refractivity contribution in [3.05, 3.63) is 20.8 Å². The van der Waals surface area contributed by atoms with E-state index in [2.05, 4.69) is 27.3 Å². The summed E-state index contributed by atoms with van der Waals surface area (Å²) in [4.78, 5) is 14.6. The molecule has 0 bridgehead atoms. The zero-order chi connectivity index (χ0) is 13.8. The molecule has 0 spiro atoms. The Morgan fingerprint density at radius 1 is 1.63 bits per heavy atom. The van der Waals surface area contributed by atoms with Crippen LogP contribution in [0.5, 0.6) is 0 Å². The fourth-order valence-electron chi connectivity index (χ4n) is 1.91. The highest BCUT2D eigenvalue weighted by Gasteiger charge is 2.31. The number of amides is 2. The number of urea groups is 1. The molecule has 0 saturated heterocycles. The summed E-state index contributed by atoms with van der Waals surface area (Å²) in [7, 11) is 1.72. The molecule has 0 aromatic carbocycles. The summed E-state index contributed by atoms with van der Waals surface area (Å²) in [6, 6.07) is 3.96. The molecule has 4 nitrogen and oxygen atoms in total. The van der Waals surface area contributed by atoms with Crippen LogP contribution in [0, 0.1) is 5.92 Å². The van der Waals surface area contributed by atoms with Crippen LogP contribution in [0.15, 0.2) is 15.9 Å². The molecule has 2 N–H and O–H groups in total. The van der Waals surface area contributed by atoms with Crippen molar-refractivity contribution in [1.82, 2.24) is 10.2 Å². The predicted molar refractivity (Wildman–Crippen MR) is 80.5 cm³/mol. The highest BCUT2D eigenvalue weighted by molar-refractivity contribution is 9.11. The van der Waals surface area contributed by atoms with Gasteiger partial charge in [0.15, 0.2) is 0 Å². The van der Waals surface area contributed by atoms with E-state index in [-0.39, 0.29) is 12.1 Å². The summed E-state index contributed by atoms with van der Waals surface area (Å²) in [6.07, 6.45) is 2.64. The van der Waals surface area contributed by atoms with Crippen LogP contribution < -0.4 is 5.32 Å². The zero-order valence-corrected chi connectivity index (χ0v) is 13.3. The smallest absolute Gasteiger partial charge is 0.317 e. The van der Waals surface area contributed by atoms with Crippen LogP contribution in [-0.4, -0.2) is 42.3 Å². The van der Waals surface area contributed by atoms with Crippen LogP contribution in [0.3, 0.4) is 0 Å². The first-order valence-electron chi connectivity index (χ1n) is 6.47. The van der Waals surface area contributed by atoms with Crippen molar-refractivity contribution in [3.8, 4) is 0 Å². The van der Waals surface area contributed by atoms with Gasteiger partial charge in [0.2, 0.25) is 0 Å². The second-order valence-corrected chi connectivity index (χ2v) is 7.52. The molecule has 0 radical (unpaired) electrons. The lowest BCUT2D eigenvalue weighted by atomic mass is 10.2. The van der Waals surface area contributed by atoms with E-state index < -0.39 is 0 Å². The molecule has 2 rings (SSSR count). The van der Waals surface area contributed by atoms with Gasteiger partial charge in [-0.2, -0.15) is 0 Å². The summed E-state index contributed by atoms with van der Waals surface area (Å²) in [5.74, 6) is 0.402. The molecule has 1 aromatic heterocycles. The Hall–Kier alpha value is -0.590. The van der Waals surface area contributed by atoms with Crippen molar-refractivity contribution in [2.24, 2.45) is 5.92 Å². The van der Waals surface area contributed by atoms with Crippen molar-refractivity contribution in [1.29, 1.82) is 0 Å². The Kier molecular flexibility index (Phi) is 5.24. The van der Waals surface area contributed by atoms with Crippen molar-refractivity contribution < 1.29 is 9.90 Å². The lowest BCUT2D eigenvalue weighted by molar-refractivity contribution is 0.113. The zero-order valence-electron chi connectivity index (χ0n) is 10.9. The van der Waals surface area contributed by atoms with Gasteiger partial charge in [0, 0.05) is 25.0 Å². The van der Waals surface area contributed by atoms with Gasteiger partial charge in [-0.25, -0.2) is 4.79 Å². The molecule has 0 unspecified atom stereocenters. The fourth-order valence-corrected chi connectivity index (χ4v) is 3.39. The van der Waals surface area contributed by atoms with Crippen molar-refractivity contribution >= 4 is 33.3 Å². The van der Waals surface area contributed by atoms with Crippen LogP contribution >= 0.6 is 27.3 Å². The first-order valence-corrected chi connectivity index (χ1v) is 8.08. The van der Waals surface area contributed by atoms with Gasteiger partial charge in [0.25, 0.3) is 0 Å². The Morgan fingerprint density at radius 2 is 2.37 bits per heavy atom. The minimum atomic E-state index is -0.371. The van der Waals surface area contributed by atoms with E-state index in [0.29, 0.717) is 19.0 Å². The van der Waals surface area contributed by atoms with Gasteiger partial charge in [-0.05, 0) is 53.2 Å². The summed E-state index contributed by atoms with van der Waals surface area (Å²) >= 11 is 5.10. The van der Waals surface area contributed by atoms with Crippen molar-refractivity contribution in [3.63, 3.8) is 0 Å². The quantitative estimate of drug-likeness (QED) is 0.831. The minimum Gasteiger partial charge on any atom is -0.391 e. The van der Waals surface area contributed by atoms with Crippen LogP contribution in [0.4, 0.5) is 4.79 Å². The summed E-state index contributed by atoms with van der Waals surface area (Å²) in [5, 5.41) is 12.7. The van der Waals surface area contributed by atoms with Crippen LogP contribution in [0.2, 0.25) is 0 Å². The Labute approximate surface area is 125 Å². The van der Waals surface area contributed by atoms with Gasteiger partial charge < -0.3 is 15.3 Å². The summed E-state index contributed by atoms with van der Waals surface area (Å²) in [6.45, 7) is 1.04. The van der Waals surface area contributed by atoms with Crippen LogP contribution in [0.25, 0.3) is 0 Å². The Balaban J connectivity index is 1.65. The van der Waals surface area contributed by atoms with E-state index in [1.807, 2.05) is 6.07 Å². The minimum absolute atomic E-state index is 0.115. The lowest BCUT2D eigenvalue weighted by Gasteiger charge is -2.21. The first kappa shape index (κ1) is 14.8. The average Bonchev–Trinajstić information content (AvgIpc) is 3.13. The van der Waals surface area contributed by atoms with Gasteiger partial charge in [-0.3, -0.25) is 0 Å². The molecule has 1 fully saturated rings.